The Kier molecular flexibility index (Phi) is 7.51. The number of aromatic nitrogens is 2. The fourth-order valence-corrected chi connectivity index (χ4v) is 3.35. The predicted octanol–water partition coefficient (Wildman–Crippen LogP) is 4.46. The van der Waals surface area contributed by atoms with Crippen LogP contribution in [0.4, 0.5) is 30.7 Å². The van der Waals surface area contributed by atoms with Crippen LogP contribution in [0.15, 0.2) is 36.4 Å². The third-order valence-corrected chi connectivity index (χ3v) is 5.49. The van der Waals surface area contributed by atoms with Gasteiger partial charge in [0.1, 0.15) is 0 Å². The number of halogens is 7. The lowest BCUT2D eigenvalue weighted by molar-refractivity contribution is -0.250. The van der Waals surface area contributed by atoms with Crippen molar-refractivity contribution in [1.29, 1.82) is 10.7 Å². The Morgan fingerprint density at radius 1 is 1.27 bits per heavy atom. The van der Waals surface area contributed by atoms with E-state index in [2.05, 4.69) is 15.2 Å². The Balaban J connectivity index is 2.07. The predicted molar refractivity (Wildman–Crippen MR) is 116 cm³/mol. The summed E-state index contributed by atoms with van der Waals surface area (Å²) >= 11 is 0. The van der Waals surface area contributed by atoms with Gasteiger partial charge in [-0.3, -0.25) is 10.2 Å². The summed E-state index contributed by atoms with van der Waals surface area (Å²) in [5.74, 6) is -8.92. The molecular formula is C22H19F7N6O2. The lowest BCUT2D eigenvalue weighted by Gasteiger charge is -2.23. The molecule has 0 unspecified atom stereocenters. The van der Waals surface area contributed by atoms with E-state index in [9.17, 15) is 40.8 Å². The Bertz CT molecular complexity index is 1280. The summed E-state index contributed by atoms with van der Waals surface area (Å²) in [6.07, 6.45) is -2.43. The summed E-state index contributed by atoms with van der Waals surface area (Å²) in [6, 6.07) is 6.14. The molecule has 1 aromatic carbocycles. The molecule has 2 N–H and O–H groups in total. The van der Waals surface area contributed by atoms with Crippen molar-refractivity contribution in [1.82, 2.24) is 20.0 Å². The molecule has 1 saturated carbocycles. The molecule has 0 saturated heterocycles. The van der Waals surface area contributed by atoms with Gasteiger partial charge in [-0.15, -0.1) is 0 Å². The lowest BCUT2D eigenvalue weighted by atomic mass is 10.0. The van der Waals surface area contributed by atoms with E-state index in [0.29, 0.717) is 10.2 Å². The summed E-state index contributed by atoms with van der Waals surface area (Å²) in [5.41, 5.74) is -1.91. The molecule has 0 atom stereocenters. The lowest BCUT2D eigenvalue weighted by Crippen LogP contribution is -2.45. The van der Waals surface area contributed by atoms with Crippen LogP contribution >= 0.6 is 0 Å². The van der Waals surface area contributed by atoms with Crippen molar-refractivity contribution in [2.45, 2.75) is 37.6 Å². The molecule has 15 heteroatoms. The van der Waals surface area contributed by atoms with E-state index in [1.165, 1.54) is 23.1 Å². The minimum atomic E-state index is -6.26. The van der Waals surface area contributed by atoms with E-state index in [0.717, 1.165) is 32.3 Å². The molecule has 37 heavy (non-hydrogen) atoms. The maximum Gasteiger partial charge on any atom is 0.459 e. The van der Waals surface area contributed by atoms with Crippen molar-refractivity contribution in [2.24, 2.45) is 0 Å². The van der Waals surface area contributed by atoms with E-state index in [4.69, 9.17) is 5.41 Å². The number of rotatable bonds is 9. The number of hydrogen-bond donors (Lipinski definition) is 2. The van der Waals surface area contributed by atoms with Crippen LogP contribution in [0.5, 0.6) is 0 Å². The number of nitriles is 1. The molecule has 198 valence electrons. The number of alkyl halides is 7. The second kappa shape index (κ2) is 10.1. The Hall–Kier alpha value is -4.09. The van der Waals surface area contributed by atoms with Gasteiger partial charge < -0.3 is 15.0 Å². The zero-order valence-corrected chi connectivity index (χ0v) is 19.2. The van der Waals surface area contributed by atoms with Crippen molar-refractivity contribution < 1.29 is 40.3 Å². The highest BCUT2D eigenvalue weighted by Crippen LogP contribution is 2.39. The zero-order chi connectivity index (χ0) is 27.7. The summed E-state index contributed by atoms with van der Waals surface area (Å²) in [7, 11) is 2.60. The van der Waals surface area contributed by atoms with E-state index in [-0.39, 0.29) is 22.7 Å². The van der Waals surface area contributed by atoms with Gasteiger partial charge in [-0.05, 0) is 30.5 Å². The molecule has 1 aliphatic carbocycles. The van der Waals surface area contributed by atoms with Crippen LogP contribution in [0.1, 0.15) is 28.8 Å². The Labute approximate surface area is 205 Å². The van der Waals surface area contributed by atoms with Gasteiger partial charge in [0.15, 0.2) is 17.3 Å². The number of ether oxygens (including phenoxy) is 1. The number of benzene rings is 1. The SMILES string of the molecule is CN/C(=C(/OC(F)F)C(=N)C(F)(F)C(F)(F)F)n1cc(-c2ccc(C#N)c(C(=O)N(C)C3CC3)c2)cn1. The molecule has 1 aliphatic rings. The zero-order valence-electron chi connectivity index (χ0n) is 19.2. The maximum absolute atomic E-state index is 13.8. The van der Waals surface area contributed by atoms with Crippen LogP contribution in [0.3, 0.4) is 0 Å². The highest BCUT2D eigenvalue weighted by molar-refractivity contribution is 6.05. The van der Waals surface area contributed by atoms with Crippen LogP contribution in [0.2, 0.25) is 0 Å². The highest BCUT2D eigenvalue weighted by atomic mass is 19.4. The maximum atomic E-state index is 13.8. The summed E-state index contributed by atoms with van der Waals surface area (Å²) < 4.78 is 96.4. The number of hydrogen-bond acceptors (Lipinski definition) is 6. The minimum Gasteiger partial charge on any atom is -0.429 e. The molecule has 3 rings (SSSR count). The summed E-state index contributed by atoms with van der Waals surface area (Å²) in [4.78, 5) is 14.3. The van der Waals surface area contributed by atoms with Gasteiger partial charge in [-0.25, -0.2) is 4.68 Å². The molecule has 0 spiro atoms. The van der Waals surface area contributed by atoms with Crippen LogP contribution in [0, 0.1) is 16.7 Å². The molecule has 1 heterocycles. The number of nitrogens with zero attached hydrogens (tertiary/aromatic N) is 4. The quantitative estimate of drug-likeness (QED) is 0.282. The minimum absolute atomic E-state index is 0.0483. The topological polar surface area (TPSA) is 107 Å². The molecule has 0 bridgehead atoms. The van der Waals surface area contributed by atoms with Crippen LogP contribution in [-0.4, -0.2) is 65.1 Å². The molecule has 1 amide bonds. The van der Waals surface area contributed by atoms with Crippen molar-refractivity contribution in [3.05, 3.63) is 47.5 Å². The molecule has 2 aromatic rings. The molecule has 0 radical (unpaired) electrons. The average molecular weight is 532 g/mol. The molecule has 0 aliphatic heterocycles. The highest BCUT2D eigenvalue weighted by Gasteiger charge is 2.62. The standard InChI is InChI=1S/C22H19F7N6O2/c1-32-18(16(37-20(23)24)17(31)21(25,26)22(27,28)29)35-10-13(9-33-35)11-3-4-12(8-30)15(7-11)19(36)34(2)14-5-6-14/h3-4,7,9-10,14,20,31-32H,5-6H2,1-2H3/b18-16-,31-17?. The first kappa shape index (κ1) is 27.5. The van der Waals surface area contributed by atoms with E-state index >= 15 is 0 Å². The average Bonchev–Trinajstić information content (AvgIpc) is 3.58. The summed E-state index contributed by atoms with van der Waals surface area (Å²) in [6.45, 7) is -3.84. The fraction of sp³-hybridized carbons (Fsp3) is 0.364. The van der Waals surface area contributed by atoms with E-state index in [1.54, 1.807) is 7.05 Å². The van der Waals surface area contributed by atoms with Gasteiger partial charge in [0.25, 0.3) is 5.91 Å². The number of nitrogens with one attached hydrogen (secondary N) is 2. The van der Waals surface area contributed by atoms with Crippen molar-refractivity contribution >= 4 is 17.4 Å². The number of carbonyl (C=O) groups is 1. The first-order valence-electron chi connectivity index (χ1n) is 10.5. The van der Waals surface area contributed by atoms with Crippen LogP contribution in [0.25, 0.3) is 16.9 Å². The first-order chi connectivity index (χ1) is 17.2. The second-order valence-electron chi connectivity index (χ2n) is 7.95. The third-order valence-electron chi connectivity index (χ3n) is 5.49. The Morgan fingerprint density at radius 2 is 1.92 bits per heavy atom. The second-order valence-corrected chi connectivity index (χ2v) is 7.95. The number of allylic oxidation sites excluding steroid dienone is 1. The number of carbonyl (C=O) groups excluding carboxylic acids is 1. The van der Waals surface area contributed by atoms with Crippen molar-refractivity contribution in [3.8, 4) is 17.2 Å². The van der Waals surface area contributed by atoms with Crippen molar-refractivity contribution in [2.75, 3.05) is 14.1 Å². The van der Waals surface area contributed by atoms with Gasteiger partial charge in [-0.1, -0.05) is 6.07 Å². The normalized spacial score (nSPS) is 14.6. The molecular weight excluding hydrogens is 513 g/mol. The third kappa shape index (κ3) is 5.52. The van der Waals surface area contributed by atoms with E-state index < -0.39 is 41.9 Å². The largest absolute Gasteiger partial charge is 0.459 e. The molecule has 1 fully saturated rings. The van der Waals surface area contributed by atoms with Gasteiger partial charge in [-0.2, -0.15) is 41.1 Å². The molecule has 1 aromatic heterocycles. The van der Waals surface area contributed by atoms with E-state index in [1.807, 2.05) is 6.07 Å². The van der Waals surface area contributed by atoms with Gasteiger partial charge >= 0.3 is 18.7 Å². The summed E-state index contributed by atoms with van der Waals surface area (Å²) in [5, 5.41) is 22.7. The fourth-order valence-electron chi connectivity index (χ4n) is 3.35. The van der Waals surface area contributed by atoms with Gasteiger partial charge in [0.05, 0.1) is 23.4 Å². The Morgan fingerprint density at radius 3 is 2.43 bits per heavy atom. The monoisotopic (exact) mass is 532 g/mol. The first-order valence-corrected chi connectivity index (χ1v) is 10.5. The van der Waals surface area contributed by atoms with Crippen molar-refractivity contribution in [3.63, 3.8) is 0 Å². The van der Waals surface area contributed by atoms with Crippen LogP contribution in [-0.2, 0) is 4.74 Å². The van der Waals surface area contributed by atoms with Gasteiger partial charge in [0, 0.05) is 31.9 Å². The van der Waals surface area contributed by atoms with Crippen LogP contribution < -0.4 is 5.32 Å². The smallest absolute Gasteiger partial charge is 0.429 e. The molecule has 8 nitrogen and oxygen atoms in total. The number of amides is 1. The van der Waals surface area contributed by atoms with Gasteiger partial charge in [0.2, 0.25) is 0 Å².